The van der Waals surface area contributed by atoms with Crippen LogP contribution in [-0.2, 0) is 34.2 Å². The molecule has 0 unspecified atom stereocenters. The van der Waals surface area contributed by atoms with Crippen molar-refractivity contribution in [3.63, 3.8) is 0 Å². The highest BCUT2D eigenvalue weighted by atomic mass is 32.2. The third-order valence-electron chi connectivity index (χ3n) is 5.10. The van der Waals surface area contributed by atoms with Gasteiger partial charge in [0.2, 0.25) is 15.9 Å². The van der Waals surface area contributed by atoms with Crippen molar-refractivity contribution in [3.05, 3.63) is 51.2 Å². The van der Waals surface area contributed by atoms with Gasteiger partial charge in [-0.25, -0.2) is 13.1 Å². The van der Waals surface area contributed by atoms with Crippen LogP contribution >= 0.6 is 11.3 Å². The van der Waals surface area contributed by atoms with Gasteiger partial charge >= 0.3 is 0 Å². The van der Waals surface area contributed by atoms with Gasteiger partial charge in [0.1, 0.15) is 0 Å². The molecule has 0 saturated carbocycles. The molecule has 1 aliphatic rings. The zero-order chi connectivity index (χ0) is 20.1. The summed E-state index contributed by atoms with van der Waals surface area (Å²) in [6, 6.07) is 9.52. The van der Waals surface area contributed by atoms with Gasteiger partial charge in [-0.2, -0.15) is 0 Å². The van der Waals surface area contributed by atoms with E-state index in [9.17, 15) is 13.2 Å². The quantitative estimate of drug-likeness (QED) is 0.663. The highest BCUT2D eigenvalue weighted by Crippen LogP contribution is 2.24. The maximum Gasteiger partial charge on any atom is 0.240 e. The van der Waals surface area contributed by atoms with E-state index in [1.54, 1.807) is 35.4 Å². The molecule has 2 aromatic rings. The molecule has 152 valence electrons. The van der Waals surface area contributed by atoms with Crippen molar-refractivity contribution in [1.29, 1.82) is 0 Å². The summed E-state index contributed by atoms with van der Waals surface area (Å²) >= 11 is 1.69. The smallest absolute Gasteiger partial charge is 0.240 e. The molecule has 1 aromatic heterocycles. The number of carbonyl (C=O) groups is 1. The highest BCUT2D eigenvalue weighted by molar-refractivity contribution is 7.89. The molecule has 0 spiro atoms. The van der Waals surface area contributed by atoms with Crippen LogP contribution in [0.15, 0.2) is 35.2 Å². The first-order valence-corrected chi connectivity index (χ1v) is 12.1. The molecule has 7 heteroatoms. The molecule has 0 bridgehead atoms. The largest absolute Gasteiger partial charge is 0.341 e. The van der Waals surface area contributed by atoms with Gasteiger partial charge in [-0.15, -0.1) is 11.3 Å². The molecule has 1 N–H and O–H groups in total. The average molecular weight is 421 g/mol. The number of hydrogen-bond donors (Lipinski definition) is 1. The van der Waals surface area contributed by atoms with Crippen molar-refractivity contribution in [2.75, 3.05) is 13.6 Å². The number of nitrogens with one attached hydrogen (secondary N) is 1. The topological polar surface area (TPSA) is 66.5 Å². The van der Waals surface area contributed by atoms with Crippen molar-refractivity contribution in [2.24, 2.45) is 0 Å². The second kappa shape index (κ2) is 9.20. The van der Waals surface area contributed by atoms with Gasteiger partial charge in [0, 0.05) is 29.8 Å². The van der Waals surface area contributed by atoms with Crippen LogP contribution in [0.1, 0.15) is 46.6 Å². The Morgan fingerprint density at radius 1 is 1.14 bits per heavy atom. The van der Waals surface area contributed by atoms with Crippen molar-refractivity contribution in [2.45, 2.75) is 56.9 Å². The lowest BCUT2D eigenvalue weighted by atomic mass is 9.92. The van der Waals surface area contributed by atoms with Crippen LogP contribution in [0.5, 0.6) is 0 Å². The van der Waals surface area contributed by atoms with Gasteiger partial charge in [0.15, 0.2) is 0 Å². The lowest BCUT2D eigenvalue weighted by Gasteiger charge is -2.17. The molecule has 1 aromatic carbocycles. The Bertz CT molecular complexity index is 935. The number of hydrogen-bond acceptors (Lipinski definition) is 4. The summed E-state index contributed by atoms with van der Waals surface area (Å²) in [4.78, 5) is 16.7. The first kappa shape index (κ1) is 21.0. The van der Waals surface area contributed by atoms with Crippen LogP contribution in [0.3, 0.4) is 0 Å². The second-order valence-corrected chi connectivity index (χ2v) is 10.5. The molecule has 0 saturated heterocycles. The number of benzene rings is 1. The first-order valence-electron chi connectivity index (χ1n) is 9.76. The van der Waals surface area contributed by atoms with E-state index in [4.69, 9.17) is 0 Å². The maximum absolute atomic E-state index is 12.5. The summed E-state index contributed by atoms with van der Waals surface area (Å²) in [6.45, 7) is 2.90. The zero-order valence-corrected chi connectivity index (χ0v) is 18.2. The number of rotatable bonds is 8. The van der Waals surface area contributed by atoms with Gasteiger partial charge in [-0.1, -0.05) is 6.07 Å². The summed E-state index contributed by atoms with van der Waals surface area (Å²) < 4.78 is 27.7. The Morgan fingerprint density at radius 2 is 1.89 bits per heavy atom. The molecule has 1 heterocycles. The van der Waals surface area contributed by atoms with Crippen LogP contribution < -0.4 is 4.72 Å². The third kappa shape index (κ3) is 5.43. The third-order valence-corrected chi connectivity index (χ3v) is 7.55. The SMILES string of the molecule is Cc1ccc(CN(C)C(=O)CCCNS(=O)(=O)c2ccc3c(c2)CCCC3)s1. The van der Waals surface area contributed by atoms with E-state index < -0.39 is 10.0 Å². The normalized spacial score (nSPS) is 13.9. The van der Waals surface area contributed by atoms with Gasteiger partial charge < -0.3 is 4.90 Å². The molecule has 0 fully saturated rings. The van der Waals surface area contributed by atoms with Crippen LogP contribution in [0.4, 0.5) is 0 Å². The fourth-order valence-corrected chi connectivity index (χ4v) is 5.56. The van der Waals surface area contributed by atoms with Crippen LogP contribution in [0.25, 0.3) is 0 Å². The molecule has 1 amide bonds. The molecular formula is C21H28N2O3S2. The number of thiophene rings is 1. The van der Waals surface area contributed by atoms with Crippen molar-refractivity contribution in [1.82, 2.24) is 9.62 Å². The highest BCUT2D eigenvalue weighted by Gasteiger charge is 2.18. The second-order valence-electron chi connectivity index (χ2n) is 7.40. The predicted molar refractivity (Wildman–Crippen MR) is 113 cm³/mol. The van der Waals surface area contributed by atoms with Gasteiger partial charge in [-0.05, 0) is 74.4 Å². The molecule has 0 radical (unpaired) electrons. The minimum atomic E-state index is -3.53. The number of carbonyl (C=O) groups excluding carboxylic acids is 1. The standard InChI is InChI=1S/C21H28N2O3S2/c1-16-9-11-19(27-16)15-23(2)21(24)8-5-13-22-28(25,26)20-12-10-17-6-3-4-7-18(17)14-20/h9-12,14,22H,3-8,13,15H2,1-2H3. The summed E-state index contributed by atoms with van der Waals surface area (Å²) in [7, 11) is -1.74. The van der Waals surface area contributed by atoms with E-state index in [1.807, 2.05) is 25.1 Å². The van der Waals surface area contributed by atoms with Crippen LogP contribution in [0, 0.1) is 6.92 Å². The Hall–Kier alpha value is -1.70. The van der Waals surface area contributed by atoms with Gasteiger partial charge in [-0.3, -0.25) is 4.79 Å². The summed E-state index contributed by atoms with van der Waals surface area (Å²) in [5.74, 6) is 0.0269. The van der Waals surface area contributed by atoms with Crippen molar-refractivity contribution < 1.29 is 13.2 Å². The Labute approximate surface area is 171 Å². The minimum absolute atomic E-state index is 0.0269. The lowest BCUT2D eigenvalue weighted by Crippen LogP contribution is -2.28. The number of amides is 1. The van der Waals surface area contributed by atoms with Crippen molar-refractivity contribution in [3.8, 4) is 0 Å². The maximum atomic E-state index is 12.5. The van der Waals surface area contributed by atoms with Crippen molar-refractivity contribution >= 4 is 27.3 Å². The van der Waals surface area contributed by atoms with Gasteiger partial charge in [0.25, 0.3) is 0 Å². The van der Waals surface area contributed by atoms with E-state index >= 15 is 0 Å². The Morgan fingerprint density at radius 3 is 2.61 bits per heavy atom. The van der Waals surface area contributed by atoms with E-state index in [1.165, 1.54) is 16.9 Å². The Kier molecular flexibility index (Phi) is 6.91. The van der Waals surface area contributed by atoms with E-state index in [0.717, 1.165) is 29.7 Å². The molecule has 0 atom stereocenters. The number of nitrogens with zero attached hydrogens (tertiary/aromatic N) is 1. The Balaban J connectivity index is 1.46. The van der Waals surface area contributed by atoms with Crippen LogP contribution in [-0.4, -0.2) is 32.8 Å². The number of aryl methyl sites for hydroxylation is 3. The number of sulfonamides is 1. The fraction of sp³-hybridized carbons (Fsp3) is 0.476. The van der Waals surface area contributed by atoms with E-state index in [-0.39, 0.29) is 12.5 Å². The minimum Gasteiger partial charge on any atom is -0.341 e. The fourth-order valence-electron chi connectivity index (χ4n) is 3.49. The first-order chi connectivity index (χ1) is 13.3. The van der Waals surface area contributed by atoms with Crippen LogP contribution in [0.2, 0.25) is 0 Å². The molecule has 0 aliphatic heterocycles. The van der Waals surface area contributed by atoms with E-state index in [2.05, 4.69) is 4.72 Å². The summed E-state index contributed by atoms with van der Waals surface area (Å²) in [5, 5.41) is 0. The monoisotopic (exact) mass is 420 g/mol. The molecule has 1 aliphatic carbocycles. The molecular weight excluding hydrogens is 392 g/mol. The average Bonchev–Trinajstić information content (AvgIpc) is 3.09. The van der Waals surface area contributed by atoms with E-state index in [0.29, 0.717) is 24.3 Å². The lowest BCUT2D eigenvalue weighted by molar-refractivity contribution is -0.130. The predicted octanol–water partition coefficient (Wildman–Crippen LogP) is 3.65. The molecule has 28 heavy (non-hydrogen) atoms. The number of fused-ring (bicyclic) bond motifs is 1. The molecule has 3 rings (SSSR count). The van der Waals surface area contributed by atoms with Gasteiger partial charge in [0.05, 0.1) is 11.4 Å². The zero-order valence-electron chi connectivity index (χ0n) is 16.5. The summed E-state index contributed by atoms with van der Waals surface area (Å²) in [6.07, 6.45) is 5.08. The summed E-state index contributed by atoms with van der Waals surface area (Å²) in [5.41, 5.74) is 2.41. The molecule has 5 nitrogen and oxygen atoms in total.